The van der Waals surface area contributed by atoms with Crippen molar-refractivity contribution < 1.29 is 17.9 Å². The Morgan fingerprint density at radius 3 is 2.07 bits per heavy atom. The van der Waals surface area contributed by atoms with Crippen LogP contribution in [0, 0.1) is 0 Å². The van der Waals surface area contributed by atoms with Crippen molar-refractivity contribution in [3.63, 3.8) is 0 Å². The molecule has 0 radical (unpaired) electrons. The number of carbonyl (C=O) groups excluding carboxylic acids is 1. The molecule has 0 spiro atoms. The van der Waals surface area contributed by atoms with Gasteiger partial charge < -0.3 is 10.1 Å². The van der Waals surface area contributed by atoms with Crippen molar-refractivity contribution in [1.82, 2.24) is 4.31 Å². The van der Waals surface area contributed by atoms with Crippen LogP contribution >= 0.6 is 0 Å². The van der Waals surface area contributed by atoms with Crippen molar-refractivity contribution in [3.05, 3.63) is 90.5 Å². The molecule has 0 heterocycles. The molecule has 0 aliphatic heterocycles. The van der Waals surface area contributed by atoms with E-state index in [-0.39, 0.29) is 17.2 Å². The highest BCUT2D eigenvalue weighted by Gasteiger charge is 2.30. The third-order valence-electron chi connectivity index (χ3n) is 4.80. The summed E-state index contributed by atoms with van der Waals surface area (Å²) in [5, 5.41) is 2.83. The lowest BCUT2D eigenvalue weighted by Crippen LogP contribution is -2.33. The van der Waals surface area contributed by atoms with Gasteiger partial charge in [-0.25, -0.2) is 8.42 Å². The second-order valence-electron chi connectivity index (χ2n) is 6.74. The average molecular weight is 425 g/mol. The molecule has 1 atom stereocenters. The molecule has 0 aromatic heterocycles. The first-order chi connectivity index (χ1) is 14.4. The number of methoxy groups -OCH3 is 1. The fourth-order valence-corrected chi connectivity index (χ4v) is 4.48. The van der Waals surface area contributed by atoms with Crippen LogP contribution in [-0.2, 0) is 14.8 Å². The van der Waals surface area contributed by atoms with Crippen LogP contribution in [0.1, 0.15) is 18.0 Å². The number of nitrogens with zero attached hydrogens (tertiary/aromatic N) is 1. The Morgan fingerprint density at radius 2 is 1.50 bits per heavy atom. The number of para-hydroxylation sites is 1. The Morgan fingerprint density at radius 1 is 0.933 bits per heavy atom. The number of sulfonamides is 1. The molecule has 1 amide bonds. The van der Waals surface area contributed by atoms with E-state index in [0.29, 0.717) is 17.0 Å². The van der Waals surface area contributed by atoms with Gasteiger partial charge in [-0.1, -0.05) is 48.5 Å². The molecule has 6 nitrogen and oxygen atoms in total. The van der Waals surface area contributed by atoms with Gasteiger partial charge >= 0.3 is 0 Å². The first-order valence-corrected chi connectivity index (χ1v) is 10.9. The van der Waals surface area contributed by atoms with E-state index >= 15 is 0 Å². The Bertz CT molecular complexity index is 1070. The van der Waals surface area contributed by atoms with Crippen molar-refractivity contribution in [3.8, 4) is 5.75 Å². The van der Waals surface area contributed by atoms with Gasteiger partial charge in [0.1, 0.15) is 5.75 Å². The largest absolute Gasteiger partial charge is 0.497 e. The van der Waals surface area contributed by atoms with Gasteiger partial charge in [0.05, 0.1) is 18.0 Å². The number of benzene rings is 3. The smallest absolute Gasteiger partial charge is 0.243 e. The Hall–Kier alpha value is -3.16. The summed E-state index contributed by atoms with van der Waals surface area (Å²) in [6.45, 7) is 0. The van der Waals surface area contributed by atoms with Crippen LogP contribution in [-0.4, -0.2) is 32.8 Å². The minimum Gasteiger partial charge on any atom is -0.497 e. The standard InChI is InChI=1S/C23H24N2O4S/c1-25(30(27,28)21-11-7-4-8-12-21)22(18-13-15-20(29-2)16-14-18)17-23(26)24-19-9-5-3-6-10-19/h3-16,22H,17H2,1-2H3,(H,24,26)/t22-/m0/s1. The van der Waals surface area contributed by atoms with Crippen molar-refractivity contribution in [2.45, 2.75) is 17.4 Å². The summed E-state index contributed by atoms with van der Waals surface area (Å²) in [4.78, 5) is 12.9. The quantitative estimate of drug-likeness (QED) is 0.591. The van der Waals surface area contributed by atoms with Crippen LogP contribution in [0.3, 0.4) is 0 Å². The molecule has 7 heteroatoms. The van der Waals surface area contributed by atoms with Gasteiger partial charge in [-0.2, -0.15) is 4.31 Å². The lowest BCUT2D eigenvalue weighted by Gasteiger charge is -2.28. The van der Waals surface area contributed by atoms with Crippen molar-refractivity contribution >= 4 is 21.6 Å². The molecule has 0 aliphatic rings. The predicted octanol–water partition coefficient (Wildman–Crippen LogP) is 4.09. The van der Waals surface area contributed by atoms with E-state index < -0.39 is 16.1 Å². The fraction of sp³-hybridized carbons (Fsp3) is 0.174. The number of rotatable bonds is 8. The topological polar surface area (TPSA) is 75.7 Å². The molecule has 1 N–H and O–H groups in total. The zero-order chi connectivity index (χ0) is 21.6. The zero-order valence-electron chi connectivity index (χ0n) is 16.9. The first-order valence-electron chi connectivity index (χ1n) is 9.44. The summed E-state index contributed by atoms with van der Waals surface area (Å²) in [6.07, 6.45) is -0.0379. The van der Waals surface area contributed by atoms with E-state index in [1.807, 2.05) is 18.2 Å². The molecule has 0 aliphatic carbocycles. The highest BCUT2D eigenvalue weighted by molar-refractivity contribution is 7.89. The monoisotopic (exact) mass is 424 g/mol. The number of anilines is 1. The van der Waals surface area contributed by atoms with Gasteiger partial charge in [-0.05, 0) is 42.0 Å². The van der Waals surface area contributed by atoms with Crippen LogP contribution < -0.4 is 10.1 Å². The number of hydrogen-bond acceptors (Lipinski definition) is 4. The summed E-state index contributed by atoms with van der Waals surface area (Å²) in [5.41, 5.74) is 1.35. The molecule has 0 fully saturated rings. The molecule has 0 saturated heterocycles. The zero-order valence-corrected chi connectivity index (χ0v) is 17.7. The molecule has 3 aromatic rings. The van der Waals surface area contributed by atoms with Gasteiger partial charge in [-0.15, -0.1) is 0 Å². The van der Waals surface area contributed by atoms with E-state index in [2.05, 4.69) is 5.32 Å². The second kappa shape index (κ2) is 9.56. The molecular weight excluding hydrogens is 400 g/mol. The van der Waals surface area contributed by atoms with Crippen molar-refractivity contribution in [2.24, 2.45) is 0 Å². The van der Waals surface area contributed by atoms with E-state index in [9.17, 15) is 13.2 Å². The number of ether oxygens (including phenoxy) is 1. The van der Waals surface area contributed by atoms with E-state index in [1.165, 1.54) is 11.4 Å². The maximum Gasteiger partial charge on any atom is 0.243 e. The average Bonchev–Trinajstić information content (AvgIpc) is 2.78. The van der Waals surface area contributed by atoms with E-state index in [4.69, 9.17) is 4.74 Å². The van der Waals surface area contributed by atoms with E-state index in [0.717, 1.165) is 0 Å². The van der Waals surface area contributed by atoms with Gasteiger partial charge in [0.25, 0.3) is 0 Å². The lowest BCUT2D eigenvalue weighted by molar-refractivity contribution is -0.117. The third kappa shape index (κ3) is 5.06. The third-order valence-corrected chi connectivity index (χ3v) is 6.68. The van der Waals surface area contributed by atoms with Gasteiger partial charge in [0, 0.05) is 19.2 Å². The maximum atomic E-state index is 13.2. The highest BCUT2D eigenvalue weighted by Crippen LogP contribution is 2.30. The van der Waals surface area contributed by atoms with Gasteiger partial charge in [-0.3, -0.25) is 4.79 Å². The second-order valence-corrected chi connectivity index (χ2v) is 8.74. The molecule has 156 valence electrons. The lowest BCUT2D eigenvalue weighted by atomic mass is 10.0. The Labute approximate surface area is 177 Å². The molecule has 0 bridgehead atoms. The molecular formula is C23H24N2O4S. The minimum atomic E-state index is -3.80. The Balaban J connectivity index is 1.91. The normalized spacial score (nSPS) is 12.4. The summed E-state index contributed by atoms with van der Waals surface area (Å²) >= 11 is 0. The number of hydrogen-bond donors (Lipinski definition) is 1. The maximum absolute atomic E-state index is 13.2. The summed E-state index contributed by atoms with van der Waals surface area (Å²) in [7, 11) is -0.744. The SMILES string of the molecule is COc1ccc([C@H](CC(=O)Nc2ccccc2)N(C)S(=O)(=O)c2ccccc2)cc1. The van der Waals surface area contributed by atoms with Gasteiger partial charge in [0.2, 0.25) is 15.9 Å². The molecule has 0 unspecified atom stereocenters. The molecule has 0 saturated carbocycles. The summed E-state index contributed by atoms with van der Waals surface area (Å²) in [5.74, 6) is 0.372. The number of carbonyl (C=O) groups is 1. The minimum absolute atomic E-state index is 0.0379. The van der Waals surface area contributed by atoms with Crippen molar-refractivity contribution in [1.29, 1.82) is 0 Å². The molecule has 30 heavy (non-hydrogen) atoms. The predicted molar refractivity (Wildman–Crippen MR) is 117 cm³/mol. The van der Waals surface area contributed by atoms with Crippen LogP contribution in [0.15, 0.2) is 89.8 Å². The van der Waals surface area contributed by atoms with Crippen LogP contribution in [0.5, 0.6) is 5.75 Å². The van der Waals surface area contributed by atoms with Crippen molar-refractivity contribution in [2.75, 3.05) is 19.5 Å². The van der Waals surface area contributed by atoms with Crippen LogP contribution in [0.25, 0.3) is 0 Å². The molecule has 3 rings (SSSR count). The Kier molecular flexibility index (Phi) is 6.87. The number of nitrogens with one attached hydrogen (secondary N) is 1. The summed E-state index contributed by atoms with van der Waals surface area (Å²) in [6, 6.07) is 23.6. The fourth-order valence-electron chi connectivity index (χ4n) is 3.12. The summed E-state index contributed by atoms with van der Waals surface area (Å²) < 4.78 is 32.8. The molecule has 3 aromatic carbocycles. The van der Waals surface area contributed by atoms with Gasteiger partial charge in [0.15, 0.2) is 0 Å². The number of amides is 1. The van der Waals surface area contributed by atoms with E-state index in [1.54, 1.807) is 73.8 Å². The first kappa shape index (κ1) is 21.5. The highest BCUT2D eigenvalue weighted by atomic mass is 32.2. The van der Waals surface area contributed by atoms with Crippen LogP contribution in [0.4, 0.5) is 5.69 Å². The van der Waals surface area contributed by atoms with Crippen LogP contribution in [0.2, 0.25) is 0 Å².